The fourth-order valence-electron chi connectivity index (χ4n) is 3.20. The van der Waals surface area contributed by atoms with Crippen molar-refractivity contribution < 1.29 is 14.3 Å². The number of fused-ring (bicyclic) bond motifs is 1. The van der Waals surface area contributed by atoms with Crippen LogP contribution in [0, 0.1) is 3.57 Å². The average molecular weight is 472 g/mol. The zero-order chi connectivity index (χ0) is 19.0. The van der Waals surface area contributed by atoms with E-state index in [0.29, 0.717) is 5.90 Å². The third-order valence-electron chi connectivity index (χ3n) is 4.47. The number of ether oxygens (including phenoxy) is 2. The molecule has 4 rings (SSSR count). The smallest absolute Gasteiger partial charge is 0.243 e. The Labute approximate surface area is 170 Å². The van der Waals surface area contributed by atoms with Crippen molar-refractivity contribution in [2.45, 2.75) is 13.2 Å². The van der Waals surface area contributed by atoms with Gasteiger partial charge in [-0.25, -0.2) is 0 Å². The zero-order valence-corrected chi connectivity index (χ0v) is 17.0. The Morgan fingerprint density at radius 2 is 1.78 bits per heavy atom. The number of hydrazone groups is 1. The highest BCUT2D eigenvalue weighted by molar-refractivity contribution is 14.1. The Bertz CT molecular complexity index is 1060. The fourth-order valence-corrected chi connectivity index (χ4v) is 3.82. The first-order valence-electron chi connectivity index (χ1n) is 8.45. The third-order valence-corrected chi connectivity index (χ3v) is 5.42. The van der Waals surface area contributed by atoms with Gasteiger partial charge in [0.15, 0.2) is 0 Å². The van der Waals surface area contributed by atoms with Crippen LogP contribution in [0.2, 0.25) is 0 Å². The van der Waals surface area contributed by atoms with Crippen LogP contribution in [0.15, 0.2) is 65.8 Å². The number of hydrogen-bond acceptors (Lipinski definition) is 4. The van der Waals surface area contributed by atoms with Crippen LogP contribution >= 0.6 is 22.6 Å². The number of benzene rings is 3. The van der Waals surface area contributed by atoms with E-state index in [2.05, 4.69) is 27.7 Å². The van der Waals surface area contributed by atoms with Crippen LogP contribution in [0.3, 0.4) is 0 Å². The summed E-state index contributed by atoms with van der Waals surface area (Å²) in [7, 11) is 1.65. The molecule has 0 aliphatic carbocycles. The highest BCUT2D eigenvalue weighted by Gasteiger charge is 2.34. The van der Waals surface area contributed by atoms with E-state index in [-0.39, 0.29) is 5.91 Å². The van der Waals surface area contributed by atoms with Crippen LogP contribution in [0.25, 0.3) is 10.8 Å². The summed E-state index contributed by atoms with van der Waals surface area (Å²) in [5.41, 5.74) is 1.73. The SMILES string of the molecule is COc1ccc([C@H]2OC(c3ccccc3I)=NN2C(C)=O)c2ccccc12. The predicted molar refractivity (Wildman–Crippen MR) is 113 cm³/mol. The van der Waals surface area contributed by atoms with E-state index in [1.807, 2.05) is 60.7 Å². The molecule has 0 radical (unpaired) electrons. The van der Waals surface area contributed by atoms with Gasteiger partial charge in [0.25, 0.3) is 0 Å². The first-order valence-corrected chi connectivity index (χ1v) is 9.53. The van der Waals surface area contributed by atoms with Crippen molar-refractivity contribution in [2.75, 3.05) is 7.11 Å². The minimum Gasteiger partial charge on any atom is -0.496 e. The standard InChI is InChI=1S/C21H17IN2O3/c1-13(25)24-21(27-20(23-24)17-9-5-6-10-18(17)22)16-11-12-19(26-2)15-8-4-3-7-14(15)16/h3-12,21H,1-2H3/t21-/m1/s1. The molecular formula is C21H17IN2O3. The van der Waals surface area contributed by atoms with E-state index in [9.17, 15) is 4.79 Å². The van der Waals surface area contributed by atoms with Gasteiger partial charge in [-0.15, -0.1) is 5.10 Å². The second-order valence-corrected chi connectivity index (χ2v) is 7.28. The second kappa shape index (κ2) is 7.19. The van der Waals surface area contributed by atoms with Crippen molar-refractivity contribution in [2.24, 2.45) is 5.10 Å². The maximum Gasteiger partial charge on any atom is 0.243 e. The number of amides is 1. The topological polar surface area (TPSA) is 51.1 Å². The van der Waals surface area contributed by atoms with Crippen molar-refractivity contribution in [3.8, 4) is 5.75 Å². The quantitative estimate of drug-likeness (QED) is 0.520. The summed E-state index contributed by atoms with van der Waals surface area (Å²) in [5, 5.41) is 7.79. The molecule has 0 unspecified atom stereocenters. The van der Waals surface area contributed by atoms with Crippen molar-refractivity contribution in [1.29, 1.82) is 0 Å². The average Bonchev–Trinajstić information content (AvgIpc) is 3.12. The molecule has 3 aromatic carbocycles. The van der Waals surface area contributed by atoms with Crippen molar-refractivity contribution in [3.05, 3.63) is 75.4 Å². The summed E-state index contributed by atoms with van der Waals surface area (Å²) in [6.45, 7) is 1.49. The Balaban J connectivity index is 1.82. The molecule has 27 heavy (non-hydrogen) atoms. The lowest BCUT2D eigenvalue weighted by atomic mass is 10.0. The number of carbonyl (C=O) groups excluding carboxylic acids is 1. The Hall–Kier alpha value is -2.61. The number of carbonyl (C=O) groups is 1. The minimum atomic E-state index is -0.621. The molecule has 3 aromatic rings. The molecule has 0 saturated heterocycles. The summed E-state index contributed by atoms with van der Waals surface area (Å²) in [4.78, 5) is 12.3. The molecule has 0 spiro atoms. The Morgan fingerprint density at radius 3 is 2.48 bits per heavy atom. The lowest BCUT2D eigenvalue weighted by Gasteiger charge is -2.21. The molecule has 0 fully saturated rings. The minimum absolute atomic E-state index is 0.180. The van der Waals surface area contributed by atoms with Gasteiger partial charge in [0.2, 0.25) is 18.0 Å². The molecular weight excluding hydrogens is 455 g/mol. The van der Waals surface area contributed by atoms with Crippen molar-refractivity contribution in [1.82, 2.24) is 5.01 Å². The van der Waals surface area contributed by atoms with E-state index >= 15 is 0 Å². The number of hydrogen-bond donors (Lipinski definition) is 0. The van der Waals surface area contributed by atoms with Gasteiger partial charge in [-0.05, 0) is 52.2 Å². The van der Waals surface area contributed by atoms with E-state index in [4.69, 9.17) is 9.47 Å². The van der Waals surface area contributed by atoms with Crippen molar-refractivity contribution >= 4 is 45.2 Å². The van der Waals surface area contributed by atoms with Gasteiger partial charge in [-0.1, -0.05) is 36.4 Å². The van der Waals surface area contributed by atoms with Gasteiger partial charge in [0.1, 0.15) is 5.75 Å². The molecule has 0 N–H and O–H groups in total. The molecule has 6 heteroatoms. The van der Waals surface area contributed by atoms with Gasteiger partial charge in [-0.2, -0.15) is 5.01 Å². The molecule has 0 aromatic heterocycles. The Morgan fingerprint density at radius 1 is 1.07 bits per heavy atom. The first-order chi connectivity index (χ1) is 13.1. The highest BCUT2D eigenvalue weighted by atomic mass is 127. The highest BCUT2D eigenvalue weighted by Crippen LogP contribution is 2.37. The summed E-state index contributed by atoms with van der Waals surface area (Å²) >= 11 is 2.24. The van der Waals surface area contributed by atoms with E-state index < -0.39 is 6.23 Å². The largest absolute Gasteiger partial charge is 0.496 e. The molecule has 1 atom stereocenters. The summed E-state index contributed by atoms with van der Waals surface area (Å²) in [6, 6.07) is 19.5. The summed E-state index contributed by atoms with van der Waals surface area (Å²) in [6.07, 6.45) is -0.621. The lowest BCUT2D eigenvalue weighted by molar-refractivity contribution is -0.135. The molecule has 0 saturated carbocycles. The van der Waals surface area contributed by atoms with E-state index in [0.717, 1.165) is 31.2 Å². The van der Waals surface area contributed by atoms with Gasteiger partial charge < -0.3 is 9.47 Å². The van der Waals surface area contributed by atoms with E-state index in [1.54, 1.807) is 7.11 Å². The van der Waals surface area contributed by atoms with Crippen molar-refractivity contribution in [3.63, 3.8) is 0 Å². The van der Waals surface area contributed by atoms with Crippen LogP contribution in [-0.2, 0) is 9.53 Å². The number of nitrogens with zero attached hydrogens (tertiary/aromatic N) is 2. The Kier molecular flexibility index (Phi) is 4.73. The second-order valence-electron chi connectivity index (χ2n) is 6.12. The number of methoxy groups -OCH3 is 1. The molecule has 1 heterocycles. The van der Waals surface area contributed by atoms with Gasteiger partial charge in [0.05, 0.1) is 12.7 Å². The lowest BCUT2D eigenvalue weighted by Crippen LogP contribution is -2.25. The molecule has 1 aliphatic rings. The number of rotatable bonds is 3. The van der Waals surface area contributed by atoms with Crippen LogP contribution < -0.4 is 4.74 Å². The normalized spacial score (nSPS) is 16.2. The number of halogens is 1. The molecule has 136 valence electrons. The van der Waals surface area contributed by atoms with Crippen LogP contribution in [0.5, 0.6) is 5.75 Å². The summed E-state index contributed by atoms with van der Waals surface area (Å²) < 4.78 is 12.7. The monoisotopic (exact) mass is 472 g/mol. The van der Waals surface area contributed by atoms with Crippen LogP contribution in [0.1, 0.15) is 24.3 Å². The van der Waals surface area contributed by atoms with Gasteiger partial charge in [-0.3, -0.25) is 4.79 Å². The van der Waals surface area contributed by atoms with E-state index in [1.165, 1.54) is 11.9 Å². The van der Waals surface area contributed by atoms with Gasteiger partial charge >= 0.3 is 0 Å². The third kappa shape index (κ3) is 3.14. The zero-order valence-electron chi connectivity index (χ0n) is 14.8. The maximum atomic E-state index is 12.3. The molecule has 1 aliphatic heterocycles. The molecule has 5 nitrogen and oxygen atoms in total. The molecule has 1 amide bonds. The molecule has 0 bridgehead atoms. The predicted octanol–water partition coefficient (Wildman–Crippen LogP) is 4.69. The first kappa shape index (κ1) is 17.8. The fraction of sp³-hybridized carbons (Fsp3) is 0.143. The van der Waals surface area contributed by atoms with Crippen LogP contribution in [-0.4, -0.2) is 23.9 Å². The maximum absolute atomic E-state index is 12.3. The van der Waals surface area contributed by atoms with Crippen LogP contribution in [0.4, 0.5) is 0 Å². The van der Waals surface area contributed by atoms with Gasteiger partial charge in [0, 0.05) is 21.4 Å². The summed E-state index contributed by atoms with van der Waals surface area (Å²) in [5.74, 6) is 1.04.